The zero-order valence-electron chi connectivity index (χ0n) is 8.45. The Morgan fingerprint density at radius 2 is 2.36 bits per heavy atom. The Bertz CT molecular complexity index is 214. The van der Waals surface area contributed by atoms with E-state index in [9.17, 15) is 4.79 Å². The van der Waals surface area contributed by atoms with Gasteiger partial charge in [-0.2, -0.15) is 0 Å². The number of ether oxygens (including phenoxy) is 1. The highest BCUT2D eigenvalue weighted by molar-refractivity contribution is 5.80. The first kappa shape index (κ1) is 9.93. The number of hydrogen-bond donors (Lipinski definition) is 1. The van der Waals surface area contributed by atoms with Crippen LogP contribution in [-0.2, 0) is 9.53 Å². The third-order valence-electron chi connectivity index (χ3n) is 3.21. The fourth-order valence-electron chi connectivity index (χ4n) is 2.19. The van der Waals surface area contributed by atoms with Gasteiger partial charge in [-0.15, -0.1) is 0 Å². The predicted octanol–water partition coefficient (Wildman–Crippen LogP) is -0.0274. The second-order valence-electron chi connectivity index (χ2n) is 4.11. The molecule has 2 saturated heterocycles. The van der Waals surface area contributed by atoms with Crippen molar-refractivity contribution in [3.8, 4) is 0 Å². The third-order valence-corrected chi connectivity index (χ3v) is 3.21. The molecule has 0 aromatic carbocycles. The number of carbonyl (C=O) groups excluding carboxylic acids is 1. The Morgan fingerprint density at radius 3 is 2.86 bits per heavy atom. The van der Waals surface area contributed by atoms with Gasteiger partial charge in [0, 0.05) is 19.2 Å². The molecule has 2 N–H and O–H groups in total. The molecule has 80 valence electrons. The molecule has 4 nitrogen and oxygen atoms in total. The van der Waals surface area contributed by atoms with Crippen LogP contribution in [0.1, 0.15) is 19.3 Å². The number of likely N-dealkylation sites (tertiary alicyclic amines) is 1. The van der Waals surface area contributed by atoms with Crippen LogP contribution in [-0.4, -0.2) is 43.2 Å². The van der Waals surface area contributed by atoms with E-state index in [-0.39, 0.29) is 11.8 Å². The zero-order valence-corrected chi connectivity index (χ0v) is 8.45. The summed E-state index contributed by atoms with van der Waals surface area (Å²) < 4.78 is 5.22. The quantitative estimate of drug-likeness (QED) is 0.693. The predicted molar refractivity (Wildman–Crippen MR) is 52.7 cm³/mol. The topological polar surface area (TPSA) is 55.6 Å². The van der Waals surface area contributed by atoms with Crippen molar-refractivity contribution in [3.63, 3.8) is 0 Å². The van der Waals surface area contributed by atoms with Crippen molar-refractivity contribution in [1.82, 2.24) is 4.90 Å². The maximum absolute atomic E-state index is 11.9. The van der Waals surface area contributed by atoms with Crippen LogP contribution in [0.3, 0.4) is 0 Å². The molecule has 2 aliphatic heterocycles. The lowest BCUT2D eigenvalue weighted by Crippen LogP contribution is -2.53. The normalized spacial score (nSPS) is 31.6. The van der Waals surface area contributed by atoms with Crippen molar-refractivity contribution >= 4 is 5.91 Å². The molecule has 2 fully saturated rings. The summed E-state index contributed by atoms with van der Waals surface area (Å²) in [5, 5.41) is 0. The van der Waals surface area contributed by atoms with Crippen LogP contribution in [0.15, 0.2) is 0 Å². The molecule has 2 aliphatic rings. The van der Waals surface area contributed by atoms with E-state index in [1.807, 2.05) is 4.90 Å². The van der Waals surface area contributed by atoms with Crippen molar-refractivity contribution < 1.29 is 9.53 Å². The summed E-state index contributed by atoms with van der Waals surface area (Å²) >= 11 is 0. The minimum Gasteiger partial charge on any atom is -0.381 e. The maximum atomic E-state index is 11.9. The molecule has 2 rings (SSSR count). The van der Waals surface area contributed by atoms with E-state index in [2.05, 4.69) is 0 Å². The van der Waals surface area contributed by atoms with Crippen molar-refractivity contribution in [1.29, 1.82) is 0 Å². The molecular formula is C10H18N2O2. The maximum Gasteiger partial charge on any atom is 0.228 e. The molecule has 0 saturated carbocycles. The van der Waals surface area contributed by atoms with Gasteiger partial charge in [-0.05, 0) is 25.8 Å². The summed E-state index contributed by atoms with van der Waals surface area (Å²) in [6, 6.07) is 0.410. The van der Waals surface area contributed by atoms with Gasteiger partial charge in [0.15, 0.2) is 0 Å². The smallest absolute Gasteiger partial charge is 0.228 e. The Balaban J connectivity index is 1.85. The first-order valence-corrected chi connectivity index (χ1v) is 5.41. The molecule has 0 aromatic rings. The fraction of sp³-hybridized carbons (Fsp3) is 0.900. The van der Waals surface area contributed by atoms with Gasteiger partial charge in [0.25, 0.3) is 0 Å². The lowest BCUT2D eigenvalue weighted by atomic mass is 9.96. The van der Waals surface area contributed by atoms with Crippen LogP contribution in [0.4, 0.5) is 0 Å². The Kier molecular flexibility index (Phi) is 3.03. The molecule has 0 radical (unpaired) electrons. The lowest BCUT2D eigenvalue weighted by Gasteiger charge is -2.42. The monoisotopic (exact) mass is 198 g/mol. The molecule has 2 atom stereocenters. The highest BCUT2D eigenvalue weighted by Gasteiger charge is 2.36. The number of carbonyl (C=O) groups is 1. The summed E-state index contributed by atoms with van der Waals surface area (Å²) in [6.45, 7) is 2.95. The van der Waals surface area contributed by atoms with Gasteiger partial charge in [0.05, 0.1) is 12.5 Å². The van der Waals surface area contributed by atoms with Crippen LogP contribution in [0.25, 0.3) is 0 Å². The van der Waals surface area contributed by atoms with Crippen LogP contribution in [0.5, 0.6) is 0 Å². The minimum absolute atomic E-state index is 0.121. The number of nitrogens with zero attached hydrogens (tertiary/aromatic N) is 1. The van der Waals surface area contributed by atoms with E-state index in [4.69, 9.17) is 10.5 Å². The van der Waals surface area contributed by atoms with Crippen LogP contribution >= 0.6 is 0 Å². The standard InChI is InChI=1S/C10H18N2O2/c11-4-1-9-2-5-12(9)10(13)8-3-6-14-7-8/h8-9H,1-7,11H2. The van der Waals surface area contributed by atoms with Crippen molar-refractivity contribution in [2.24, 2.45) is 11.7 Å². The molecule has 0 bridgehead atoms. The summed E-state index contributed by atoms with van der Waals surface area (Å²) in [7, 11) is 0. The minimum atomic E-state index is 0.121. The third kappa shape index (κ3) is 1.77. The van der Waals surface area contributed by atoms with E-state index in [1.165, 1.54) is 0 Å². The molecule has 2 heterocycles. The van der Waals surface area contributed by atoms with Gasteiger partial charge in [-0.25, -0.2) is 0 Å². The zero-order chi connectivity index (χ0) is 9.97. The van der Waals surface area contributed by atoms with Gasteiger partial charge in [0.2, 0.25) is 5.91 Å². The van der Waals surface area contributed by atoms with Crippen LogP contribution in [0, 0.1) is 5.92 Å². The van der Waals surface area contributed by atoms with Gasteiger partial charge in [-0.1, -0.05) is 0 Å². The van der Waals surface area contributed by atoms with E-state index in [0.717, 1.165) is 32.4 Å². The SMILES string of the molecule is NCCC1CCN1C(=O)C1CCOC1. The summed E-state index contributed by atoms with van der Waals surface area (Å²) in [6.07, 6.45) is 2.96. The average Bonchev–Trinajstić information content (AvgIpc) is 2.65. The lowest BCUT2D eigenvalue weighted by molar-refractivity contribution is -0.143. The second kappa shape index (κ2) is 4.28. The number of hydrogen-bond acceptors (Lipinski definition) is 3. The largest absolute Gasteiger partial charge is 0.381 e. The van der Waals surface area contributed by atoms with E-state index >= 15 is 0 Å². The molecule has 0 aliphatic carbocycles. The second-order valence-corrected chi connectivity index (χ2v) is 4.11. The fourth-order valence-corrected chi connectivity index (χ4v) is 2.19. The van der Waals surface area contributed by atoms with E-state index < -0.39 is 0 Å². The van der Waals surface area contributed by atoms with Crippen LogP contribution < -0.4 is 5.73 Å². The number of nitrogens with two attached hydrogens (primary N) is 1. The highest BCUT2D eigenvalue weighted by atomic mass is 16.5. The Morgan fingerprint density at radius 1 is 1.50 bits per heavy atom. The molecule has 2 unspecified atom stereocenters. The van der Waals surface area contributed by atoms with Crippen molar-refractivity contribution in [3.05, 3.63) is 0 Å². The molecule has 4 heteroatoms. The van der Waals surface area contributed by atoms with Gasteiger partial charge in [-0.3, -0.25) is 4.79 Å². The van der Waals surface area contributed by atoms with Crippen LogP contribution in [0.2, 0.25) is 0 Å². The average molecular weight is 198 g/mol. The Labute approximate surface area is 84.4 Å². The number of amides is 1. The highest BCUT2D eigenvalue weighted by Crippen LogP contribution is 2.25. The molecule has 14 heavy (non-hydrogen) atoms. The molecule has 1 amide bonds. The molecular weight excluding hydrogens is 180 g/mol. The summed E-state index contributed by atoms with van der Waals surface area (Å²) in [5.74, 6) is 0.405. The van der Waals surface area contributed by atoms with E-state index in [1.54, 1.807) is 0 Å². The number of rotatable bonds is 3. The summed E-state index contributed by atoms with van der Waals surface area (Å²) in [5.41, 5.74) is 5.49. The summed E-state index contributed by atoms with van der Waals surface area (Å²) in [4.78, 5) is 13.9. The van der Waals surface area contributed by atoms with Gasteiger partial charge in [0.1, 0.15) is 0 Å². The van der Waals surface area contributed by atoms with Gasteiger partial charge >= 0.3 is 0 Å². The Hall–Kier alpha value is -0.610. The van der Waals surface area contributed by atoms with Gasteiger partial charge < -0.3 is 15.4 Å². The first-order chi connectivity index (χ1) is 6.83. The molecule has 0 aromatic heterocycles. The van der Waals surface area contributed by atoms with E-state index in [0.29, 0.717) is 19.2 Å². The first-order valence-electron chi connectivity index (χ1n) is 5.41. The molecule has 0 spiro atoms. The van der Waals surface area contributed by atoms with Crippen molar-refractivity contribution in [2.45, 2.75) is 25.3 Å². The van der Waals surface area contributed by atoms with Crippen molar-refractivity contribution in [2.75, 3.05) is 26.3 Å².